The van der Waals surface area contributed by atoms with E-state index in [0.29, 0.717) is 12.0 Å². The van der Waals surface area contributed by atoms with Crippen molar-refractivity contribution in [3.63, 3.8) is 0 Å². The van der Waals surface area contributed by atoms with Crippen molar-refractivity contribution in [1.82, 2.24) is 14.7 Å². The monoisotopic (exact) mass is 437 g/mol. The first-order valence-electron chi connectivity index (χ1n) is 11.7. The number of carbonyl (C=O) groups is 1. The average molecular weight is 438 g/mol. The van der Waals surface area contributed by atoms with Crippen LogP contribution in [-0.2, 0) is 6.42 Å². The van der Waals surface area contributed by atoms with E-state index in [1.165, 1.54) is 0 Å². The molecule has 0 saturated heterocycles. The van der Waals surface area contributed by atoms with Gasteiger partial charge in [0, 0.05) is 12.6 Å². The Kier molecular flexibility index (Phi) is 7.04. The fraction of sp³-hybridized carbons (Fsp3) is 0.241. The summed E-state index contributed by atoms with van der Waals surface area (Å²) in [4.78, 5) is 16.0. The van der Waals surface area contributed by atoms with Gasteiger partial charge in [-0.2, -0.15) is 5.10 Å². The summed E-state index contributed by atoms with van der Waals surface area (Å²) in [6.45, 7) is 4.25. The minimum atomic E-state index is 0.00943. The van der Waals surface area contributed by atoms with Crippen LogP contribution in [0.1, 0.15) is 54.3 Å². The molecule has 0 spiro atoms. The van der Waals surface area contributed by atoms with Gasteiger partial charge in [-0.3, -0.25) is 4.79 Å². The average Bonchev–Trinajstić information content (AvgIpc) is 3.27. The highest BCUT2D eigenvalue weighted by atomic mass is 16.2. The highest BCUT2D eigenvalue weighted by Gasteiger charge is 2.30. The molecular formula is C29H31N3O. The van der Waals surface area contributed by atoms with Gasteiger partial charge in [-0.15, -0.1) is 0 Å². The van der Waals surface area contributed by atoms with E-state index in [0.717, 1.165) is 41.0 Å². The zero-order chi connectivity index (χ0) is 23.2. The molecule has 0 saturated carbocycles. The molecule has 4 aromatic rings. The second kappa shape index (κ2) is 10.3. The summed E-state index contributed by atoms with van der Waals surface area (Å²) in [7, 11) is 1.92. The van der Waals surface area contributed by atoms with Crippen molar-refractivity contribution in [2.45, 2.75) is 39.2 Å². The molecule has 0 aliphatic rings. The second-order valence-electron chi connectivity index (χ2n) is 8.27. The van der Waals surface area contributed by atoms with Crippen LogP contribution < -0.4 is 0 Å². The molecule has 1 unspecified atom stereocenters. The van der Waals surface area contributed by atoms with Crippen molar-refractivity contribution in [3.8, 4) is 16.9 Å². The predicted octanol–water partition coefficient (Wildman–Crippen LogP) is 6.72. The zero-order valence-corrected chi connectivity index (χ0v) is 19.6. The van der Waals surface area contributed by atoms with E-state index >= 15 is 0 Å². The molecule has 4 rings (SSSR count). The van der Waals surface area contributed by atoms with E-state index in [2.05, 4.69) is 26.0 Å². The van der Waals surface area contributed by atoms with Gasteiger partial charge in [0.2, 0.25) is 0 Å². The number of nitrogens with zero attached hydrogens (tertiary/aromatic N) is 3. The van der Waals surface area contributed by atoms with Crippen LogP contribution >= 0.6 is 0 Å². The summed E-state index contributed by atoms with van der Waals surface area (Å²) in [6.07, 6.45) is 2.60. The van der Waals surface area contributed by atoms with Crippen LogP contribution in [0.3, 0.4) is 0 Å². The van der Waals surface area contributed by atoms with Crippen LogP contribution in [0.5, 0.6) is 0 Å². The summed E-state index contributed by atoms with van der Waals surface area (Å²) < 4.78 is 1.93. The van der Waals surface area contributed by atoms with E-state index in [4.69, 9.17) is 5.10 Å². The van der Waals surface area contributed by atoms with Gasteiger partial charge < -0.3 is 4.90 Å². The normalized spacial score (nSPS) is 11.8. The second-order valence-corrected chi connectivity index (χ2v) is 8.27. The third-order valence-corrected chi connectivity index (χ3v) is 6.11. The molecule has 0 radical (unpaired) electrons. The first-order valence-corrected chi connectivity index (χ1v) is 11.7. The molecule has 4 heteroatoms. The number of hydrogen-bond donors (Lipinski definition) is 0. The highest BCUT2D eigenvalue weighted by molar-refractivity contribution is 6.01. The summed E-state index contributed by atoms with van der Waals surface area (Å²) in [5, 5.41) is 4.97. The van der Waals surface area contributed by atoms with Crippen molar-refractivity contribution in [1.29, 1.82) is 0 Å². The van der Waals surface area contributed by atoms with Crippen molar-refractivity contribution in [2.75, 3.05) is 7.05 Å². The lowest BCUT2D eigenvalue weighted by molar-refractivity contribution is 0.0721. The topological polar surface area (TPSA) is 38.1 Å². The maximum atomic E-state index is 14.1. The summed E-state index contributed by atoms with van der Waals surface area (Å²) in [5.41, 5.74) is 5.42. The Morgan fingerprint density at radius 3 is 2.03 bits per heavy atom. The van der Waals surface area contributed by atoms with Gasteiger partial charge in [0.25, 0.3) is 5.91 Å². The lowest BCUT2D eigenvalue weighted by Crippen LogP contribution is -2.32. The number of carbonyl (C=O) groups excluding carboxylic acids is 1. The SMILES string of the molecule is CCCC(c1ccccc1)N(C)C(=O)c1c(-c2ccccc2)nn(-c2ccccc2)c1CC. The minimum absolute atomic E-state index is 0.00943. The number of para-hydroxylation sites is 1. The fourth-order valence-corrected chi connectivity index (χ4v) is 4.44. The van der Waals surface area contributed by atoms with Crippen LogP contribution in [0.25, 0.3) is 16.9 Å². The molecule has 0 fully saturated rings. The van der Waals surface area contributed by atoms with Crippen molar-refractivity contribution in [3.05, 3.63) is 108 Å². The van der Waals surface area contributed by atoms with Crippen LogP contribution in [-0.4, -0.2) is 27.6 Å². The van der Waals surface area contributed by atoms with Crippen LogP contribution in [0.15, 0.2) is 91.0 Å². The van der Waals surface area contributed by atoms with Crippen LogP contribution in [0, 0.1) is 0 Å². The van der Waals surface area contributed by atoms with Crippen molar-refractivity contribution >= 4 is 5.91 Å². The molecule has 1 heterocycles. The van der Waals surface area contributed by atoms with Crippen LogP contribution in [0.4, 0.5) is 0 Å². The predicted molar refractivity (Wildman–Crippen MR) is 135 cm³/mol. The maximum absolute atomic E-state index is 14.1. The number of benzene rings is 3. The number of hydrogen-bond acceptors (Lipinski definition) is 2. The van der Waals surface area contributed by atoms with Crippen molar-refractivity contribution < 1.29 is 4.79 Å². The molecule has 0 aliphatic carbocycles. The molecule has 1 aromatic heterocycles. The van der Waals surface area contributed by atoms with Gasteiger partial charge in [0.05, 0.1) is 23.0 Å². The molecule has 168 valence electrons. The van der Waals surface area contributed by atoms with E-state index < -0.39 is 0 Å². The Balaban J connectivity index is 1.86. The molecule has 0 aliphatic heterocycles. The number of aromatic nitrogens is 2. The molecule has 0 bridgehead atoms. The zero-order valence-electron chi connectivity index (χ0n) is 19.6. The van der Waals surface area contributed by atoms with Crippen LogP contribution in [0.2, 0.25) is 0 Å². The van der Waals surface area contributed by atoms with E-state index in [-0.39, 0.29) is 11.9 Å². The van der Waals surface area contributed by atoms with Gasteiger partial charge in [-0.25, -0.2) is 4.68 Å². The molecule has 0 N–H and O–H groups in total. The standard InChI is InChI=1S/C29H31N3O/c1-4-15-26(22-16-9-6-10-17-22)31(3)29(33)27-25(5-2)32(24-20-13-8-14-21-24)30-28(27)23-18-11-7-12-19-23/h6-14,16-21,26H,4-5,15H2,1-3H3. The Labute approximate surface area is 196 Å². The molecule has 1 atom stereocenters. The third kappa shape index (κ3) is 4.61. The van der Waals surface area contributed by atoms with Gasteiger partial charge in [0.1, 0.15) is 5.69 Å². The highest BCUT2D eigenvalue weighted by Crippen LogP contribution is 2.32. The lowest BCUT2D eigenvalue weighted by atomic mass is 9.98. The minimum Gasteiger partial charge on any atom is -0.335 e. The Hall–Kier alpha value is -3.66. The molecular weight excluding hydrogens is 406 g/mol. The number of amides is 1. The molecule has 1 amide bonds. The maximum Gasteiger partial charge on any atom is 0.258 e. The lowest BCUT2D eigenvalue weighted by Gasteiger charge is -2.29. The summed E-state index contributed by atoms with van der Waals surface area (Å²) >= 11 is 0. The Morgan fingerprint density at radius 1 is 0.879 bits per heavy atom. The first-order chi connectivity index (χ1) is 16.2. The quantitative estimate of drug-likeness (QED) is 0.307. The van der Waals surface area contributed by atoms with Gasteiger partial charge in [-0.05, 0) is 30.5 Å². The van der Waals surface area contributed by atoms with Gasteiger partial charge >= 0.3 is 0 Å². The first kappa shape index (κ1) is 22.5. The largest absolute Gasteiger partial charge is 0.335 e. The fourth-order valence-electron chi connectivity index (χ4n) is 4.44. The third-order valence-electron chi connectivity index (χ3n) is 6.11. The van der Waals surface area contributed by atoms with E-state index in [9.17, 15) is 4.79 Å². The Morgan fingerprint density at radius 2 is 1.45 bits per heavy atom. The van der Waals surface area contributed by atoms with E-state index in [1.54, 1.807) is 0 Å². The van der Waals surface area contributed by atoms with Gasteiger partial charge in [0.15, 0.2) is 0 Å². The Bertz CT molecular complexity index is 1180. The van der Waals surface area contributed by atoms with E-state index in [1.807, 2.05) is 95.5 Å². The van der Waals surface area contributed by atoms with Crippen molar-refractivity contribution in [2.24, 2.45) is 0 Å². The summed E-state index contributed by atoms with van der Waals surface area (Å²) in [6, 6.07) is 30.4. The molecule has 3 aromatic carbocycles. The number of rotatable bonds is 8. The smallest absolute Gasteiger partial charge is 0.258 e. The molecule has 4 nitrogen and oxygen atoms in total. The summed E-state index contributed by atoms with van der Waals surface area (Å²) in [5.74, 6) is 0.00943. The van der Waals surface area contributed by atoms with Gasteiger partial charge in [-0.1, -0.05) is 99.1 Å². The molecule has 33 heavy (non-hydrogen) atoms.